The molecule has 0 saturated heterocycles. The van der Waals surface area contributed by atoms with E-state index < -0.39 is 6.09 Å². The molecule has 1 aromatic carbocycles. The molecule has 0 radical (unpaired) electrons. The molecule has 0 spiro atoms. The average molecular weight is 384 g/mol. The highest BCUT2D eigenvalue weighted by atomic mass is 32.2. The van der Waals surface area contributed by atoms with Crippen LogP contribution in [-0.2, 0) is 19.0 Å². The van der Waals surface area contributed by atoms with Gasteiger partial charge in [0.1, 0.15) is 12.7 Å². The fraction of sp³-hybridized carbons (Fsp3) is 0.579. The quantitative estimate of drug-likeness (QED) is 0.338. The maximum absolute atomic E-state index is 11.9. The summed E-state index contributed by atoms with van der Waals surface area (Å²) in [5.74, 6) is 0.311. The molecule has 146 valence electrons. The van der Waals surface area contributed by atoms with Crippen molar-refractivity contribution < 1.29 is 23.8 Å². The SMILES string of the molecule is CCCOCC(CSc1ccc(C)cc1)OC(=O)NCCOC(=O)CC. The molecular formula is C19H29NO5S. The Morgan fingerprint density at radius 2 is 1.88 bits per heavy atom. The maximum Gasteiger partial charge on any atom is 0.407 e. The monoisotopic (exact) mass is 383 g/mol. The van der Waals surface area contributed by atoms with E-state index in [4.69, 9.17) is 14.2 Å². The summed E-state index contributed by atoms with van der Waals surface area (Å²) in [6, 6.07) is 8.20. The summed E-state index contributed by atoms with van der Waals surface area (Å²) >= 11 is 1.62. The zero-order valence-electron chi connectivity index (χ0n) is 15.8. The van der Waals surface area contributed by atoms with Crippen molar-refractivity contribution in [3.63, 3.8) is 0 Å². The number of amides is 1. The number of alkyl carbamates (subject to hydrolysis) is 1. The molecule has 1 atom stereocenters. The zero-order valence-corrected chi connectivity index (χ0v) is 16.6. The second-order valence-electron chi connectivity index (χ2n) is 5.73. The number of benzene rings is 1. The Balaban J connectivity index is 2.39. The molecule has 0 aliphatic carbocycles. The van der Waals surface area contributed by atoms with Gasteiger partial charge in [-0.2, -0.15) is 0 Å². The third-order valence-corrected chi connectivity index (χ3v) is 4.45. The van der Waals surface area contributed by atoms with E-state index in [0.29, 0.717) is 25.4 Å². The highest BCUT2D eigenvalue weighted by molar-refractivity contribution is 7.99. The second kappa shape index (κ2) is 13.5. The summed E-state index contributed by atoms with van der Waals surface area (Å²) in [5.41, 5.74) is 1.21. The standard InChI is InChI=1S/C19H29NO5S/c1-4-11-23-13-16(14-26-17-8-6-15(3)7-9-17)25-19(22)20-10-12-24-18(21)5-2/h6-9,16H,4-5,10-14H2,1-3H3,(H,20,22). The molecule has 1 amide bonds. The Bertz CT molecular complexity index is 535. The Hall–Kier alpha value is -1.73. The molecule has 0 saturated carbocycles. The van der Waals surface area contributed by atoms with Crippen LogP contribution in [0.5, 0.6) is 0 Å². The molecule has 7 heteroatoms. The molecule has 6 nitrogen and oxygen atoms in total. The fourth-order valence-corrected chi connectivity index (χ4v) is 2.78. The van der Waals surface area contributed by atoms with Gasteiger partial charge in [0.05, 0.1) is 13.2 Å². The lowest BCUT2D eigenvalue weighted by atomic mass is 10.2. The minimum Gasteiger partial charge on any atom is -0.464 e. The first-order valence-corrected chi connectivity index (χ1v) is 9.91. The number of hydrogen-bond acceptors (Lipinski definition) is 6. The van der Waals surface area contributed by atoms with E-state index in [1.54, 1.807) is 18.7 Å². The van der Waals surface area contributed by atoms with Crippen molar-refractivity contribution in [3.05, 3.63) is 29.8 Å². The summed E-state index contributed by atoms with van der Waals surface area (Å²) in [7, 11) is 0. The number of aryl methyl sites for hydroxylation is 1. The van der Waals surface area contributed by atoms with Crippen LogP contribution in [0, 0.1) is 6.92 Å². The topological polar surface area (TPSA) is 73.9 Å². The number of ether oxygens (including phenoxy) is 3. The predicted molar refractivity (Wildman–Crippen MR) is 103 cm³/mol. The molecule has 0 aromatic heterocycles. The van der Waals surface area contributed by atoms with Crippen LogP contribution in [0.15, 0.2) is 29.2 Å². The van der Waals surface area contributed by atoms with Gasteiger partial charge in [0, 0.05) is 23.7 Å². The van der Waals surface area contributed by atoms with Crippen LogP contribution in [0.4, 0.5) is 4.79 Å². The summed E-state index contributed by atoms with van der Waals surface area (Å²) in [6.07, 6.45) is 0.336. The van der Waals surface area contributed by atoms with Crippen molar-refractivity contribution in [2.24, 2.45) is 0 Å². The number of esters is 1. The van der Waals surface area contributed by atoms with E-state index >= 15 is 0 Å². The minimum absolute atomic E-state index is 0.136. The third-order valence-electron chi connectivity index (χ3n) is 3.31. The Morgan fingerprint density at radius 1 is 1.15 bits per heavy atom. The van der Waals surface area contributed by atoms with Crippen molar-refractivity contribution in [2.45, 2.75) is 44.6 Å². The van der Waals surface area contributed by atoms with Gasteiger partial charge in [0.2, 0.25) is 0 Å². The van der Waals surface area contributed by atoms with Crippen LogP contribution in [0.2, 0.25) is 0 Å². The van der Waals surface area contributed by atoms with Crippen LogP contribution in [0.3, 0.4) is 0 Å². The fourth-order valence-electron chi connectivity index (χ4n) is 1.91. The lowest BCUT2D eigenvalue weighted by Crippen LogP contribution is -2.34. The Labute approximate surface area is 160 Å². The van der Waals surface area contributed by atoms with Crippen molar-refractivity contribution in [1.82, 2.24) is 5.32 Å². The van der Waals surface area contributed by atoms with Gasteiger partial charge in [-0.1, -0.05) is 31.5 Å². The first-order valence-electron chi connectivity index (χ1n) is 8.92. The Kier molecular flexibility index (Phi) is 11.6. The van der Waals surface area contributed by atoms with Crippen LogP contribution in [0.25, 0.3) is 0 Å². The summed E-state index contributed by atoms with van der Waals surface area (Å²) in [6.45, 7) is 7.13. The largest absolute Gasteiger partial charge is 0.464 e. The molecule has 0 aliphatic heterocycles. The third kappa shape index (κ3) is 10.3. The van der Waals surface area contributed by atoms with Gasteiger partial charge in [0.25, 0.3) is 0 Å². The summed E-state index contributed by atoms with van der Waals surface area (Å²) in [5, 5.41) is 2.59. The van der Waals surface area contributed by atoms with Gasteiger partial charge >= 0.3 is 12.1 Å². The van der Waals surface area contributed by atoms with E-state index in [1.165, 1.54) is 5.56 Å². The van der Waals surface area contributed by atoms with Gasteiger partial charge in [0.15, 0.2) is 0 Å². The highest BCUT2D eigenvalue weighted by Gasteiger charge is 2.15. The van der Waals surface area contributed by atoms with Gasteiger partial charge in [-0.15, -0.1) is 11.8 Å². The number of rotatable bonds is 12. The molecule has 1 aromatic rings. The van der Waals surface area contributed by atoms with Gasteiger partial charge in [-0.05, 0) is 25.5 Å². The van der Waals surface area contributed by atoms with E-state index in [1.807, 2.05) is 26.0 Å². The smallest absolute Gasteiger partial charge is 0.407 e. The van der Waals surface area contributed by atoms with Gasteiger partial charge in [-0.3, -0.25) is 4.79 Å². The molecule has 0 bridgehead atoms. The van der Waals surface area contributed by atoms with Crippen LogP contribution in [0.1, 0.15) is 32.3 Å². The van der Waals surface area contributed by atoms with Crippen molar-refractivity contribution >= 4 is 23.8 Å². The molecule has 1 rings (SSSR count). The summed E-state index contributed by atoms with van der Waals surface area (Å²) in [4.78, 5) is 24.1. The van der Waals surface area contributed by atoms with Crippen LogP contribution in [-0.4, -0.2) is 50.3 Å². The average Bonchev–Trinajstić information content (AvgIpc) is 2.64. The highest BCUT2D eigenvalue weighted by Crippen LogP contribution is 2.20. The zero-order chi connectivity index (χ0) is 19.2. The number of carbonyl (C=O) groups excluding carboxylic acids is 2. The number of nitrogens with one attached hydrogen (secondary N) is 1. The van der Waals surface area contributed by atoms with Gasteiger partial charge < -0.3 is 19.5 Å². The lowest BCUT2D eigenvalue weighted by molar-refractivity contribution is -0.143. The molecule has 0 heterocycles. The molecule has 0 aliphatic rings. The molecule has 1 N–H and O–H groups in total. The Morgan fingerprint density at radius 3 is 2.54 bits per heavy atom. The van der Waals surface area contributed by atoms with Crippen molar-refractivity contribution in [2.75, 3.05) is 32.1 Å². The van der Waals surface area contributed by atoms with Crippen LogP contribution >= 0.6 is 11.8 Å². The summed E-state index contributed by atoms with van der Waals surface area (Å²) < 4.78 is 15.9. The van der Waals surface area contributed by atoms with E-state index in [9.17, 15) is 9.59 Å². The van der Waals surface area contributed by atoms with Gasteiger partial charge in [-0.25, -0.2) is 4.79 Å². The number of hydrogen-bond donors (Lipinski definition) is 1. The van der Waals surface area contributed by atoms with Crippen molar-refractivity contribution in [3.8, 4) is 0 Å². The molecule has 26 heavy (non-hydrogen) atoms. The van der Waals surface area contributed by atoms with E-state index in [-0.39, 0.29) is 25.2 Å². The molecule has 0 fully saturated rings. The van der Waals surface area contributed by atoms with E-state index in [0.717, 1.165) is 11.3 Å². The normalized spacial score (nSPS) is 11.7. The first kappa shape index (κ1) is 22.3. The predicted octanol–water partition coefficient (Wildman–Crippen LogP) is 3.56. The minimum atomic E-state index is -0.535. The maximum atomic E-state index is 11.9. The first-order chi connectivity index (χ1) is 12.5. The number of thioether (sulfide) groups is 1. The van der Waals surface area contributed by atoms with Crippen LogP contribution < -0.4 is 5.32 Å². The molecular weight excluding hydrogens is 354 g/mol. The lowest BCUT2D eigenvalue weighted by Gasteiger charge is -2.18. The second-order valence-corrected chi connectivity index (χ2v) is 6.82. The van der Waals surface area contributed by atoms with E-state index in [2.05, 4.69) is 17.4 Å². The number of carbonyl (C=O) groups is 2. The molecule has 1 unspecified atom stereocenters. The van der Waals surface area contributed by atoms with Crippen molar-refractivity contribution in [1.29, 1.82) is 0 Å².